The number of carbonyl (C=O) groups is 2. The lowest BCUT2D eigenvalue weighted by Gasteiger charge is -2.04. The van der Waals surface area contributed by atoms with E-state index in [-0.39, 0.29) is 23.1 Å². The van der Waals surface area contributed by atoms with Gasteiger partial charge in [-0.3, -0.25) is 9.78 Å². The van der Waals surface area contributed by atoms with Crippen LogP contribution in [0.2, 0.25) is 5.15 Å². The number of Topliss-reactive ketones (excluding diaryl/α,β-unsaturated/α-hetero) is 1. The molecule has 0 fully saturated rings. The minimum absolute atomic E-state index is 0.0429. The molecule has 0 N–H and O–H groups in total. The van der Waals surface area contributed by atoms with Crippen molar-refractivity contribution in [1.82, 2.24) is 9.97 Å². The summed E-state index contributed by atoms with van der Waals surface area (Å²) >= 11 is 5.74. The van der Waals surface area contributed by atoms with Gasteiger partial charge in [0.2, 0.25) is 5.78 Å². The molecule has 2 rings (SSSR count). The highest BCUT2D eigenvalue weighted by molar-refractivity contribution is 6.32. The summed E-state index contributed by atoms with van der Waals surface area (Å²) in [5, 5.41) is 0.0429. The first kappa shape index (κ1) is 13.2. The summed E-state index contributed by atoms with van der Waals surface area (Å²) in [6.07, 6.45) is 4.42. The van der Waals surface area contributed by atoms with Gasteiger partial charge < -0.3 is 4.74 Å². The molecule has 0 aliphatic carbocycles. The number of rotatable bonds is 4. The lowest BCUT2D eigenvalue weighted by Crippen LogP contribution is -2.14. The molecular weight excluding hydrogens is 268 g/mol. The number of hydrogen-bond acceptors (Lipinski definition) is 5. The Balaban J connectivity index is 1.98. The fraction of sp³-hybridized carbons (Fsp3) is 0.0769. The third-order valence-electron chi connectivity index (χ3n) is 2.30. The summed E-state index contributed by atoms with van der Waals surface area (Å²) in [4.78, 5) is 31.0. The maximum atomic E-state index is 11.7. The van der Waals surface area contributed by atoms with E-state index < -0.39 is 5.97 Å². The molecule has 0 unspecified atom stereocenters. The number of halogens is 1. The van der Waals surface area contributed by atoms with Crippen molar-refractivity contribution in [3.8, 4) is 0 Å². The summed E-state index contributed by atoms with van der Waals surface area (Å²) in [7, 11) is 0. The number of nitrogens with zero attached hydrogens (tertiary/aromatic N) is 2. The molecule has 0 aliphatic heterocycles. The maximum Gasteiger partial charge on any atom is 0.341 e. The topological polar surface area (TPSA) is 69.2 Å². The number of ether oxygens (including phenoxy) is 1. The molecular formula is C13H9ClN2O3. The molecule has 96 valence electrons. The van der Waals surface area contributed by atoms with Crippen LogP contribution in [0.3, 0.4) is 0 Å². The van der Waals surface area contributed by atoms with Crippen LogP contribution in [-0.4, -0.2) is 28.3 Å². The fourth-order valence-electron chi connectivity index (χ4n) is 1.36. The average Bonchev–Trinajstić information content (AvgIpc) is 2.46. The lowest BCUT2D eigenvalue weighted by molar-refractivity contribution is 0.0474. The number of pyridine rings is 2. The van der Waals surface area contributed by atoms with E-state index in [0.717, 1.165) is 0 Å². The number of hydrogen-bond donors (Lipinski definition) is 0. The van der Waals surface area contributed by atoms with E-state index in [2.05, 4.69) is 9.97 Å². The molecule has 2 heterocycles. The molecule has 0 amide bonds. The predicted octanol–water partition coefficient (Wildman–Crippen LogP) is 2.17. The molecule has 0 saturated heterocycles. The first-order valence-electron chi connectivity index (χ1n) is 5.39. The van der Waals surface area contributed by atoms with Crippen LogP contribution in [0.25, 0.3) is 0 Å². The predicted molar refractivity (Wildman–Crippen MR) is 68.1 cm³/mol. The summed E-state index contributed by atoms with van der Waals surface area (Å²) in [5.41, 5.74) is 0.510. The van der Waals surface area contributed by atoms with Crippen LogP contribution < -0.4 is 0 Å². The largest absolute Gasteiger partial charge is 0.454 e. The van der Waals surface area contributed by atoms with E-state index in [9.17, 15) is 9.59 Å². The zero-order chi connectivity index (χ0) is 13.7. The van der Waals surface area contributed by atoms with Gasteiger partial charge in [0.15, 0.2) is 6.61 Å². The Morgan fingerprint density at radius 3 is 2.68 bits per heavy atom. The van der Waals surface area contributed by atoms with Crippen LogP contribution in [0.5, 0.6) is 0 Å². The normalized spacial score (nSPS) is 9.95. The first-order chi connectivity index (χ1) is 9.18. The SMILES string of the molecule is O=C(COC(=O)c1cccnc1Cl)c1cccnc1. The number of esters is 1. The van der Waals surface area contributed by atoms with Gasteiger partial charge in [0, 0.05) is 24.2 Å². The smallest absolute Gasteiger partial charge is 0.341 e. The van der Waals surface area contributed by atoms with E-state index in [4.69, 9.17) is 16.3 Å². The molecule has 6 heteroatoms. The third kappa shape index (κ3) is 3.35. The zero-order valence-corrected chi connectivity index (χ0v) is 10.5. The van der Waals surface area contributed by atoms with Gasteiger partial charge in [0.1, 0.15) is 5.15 Å². The van der Waals surface area contributed by atoms with E-state index in [1.807, 2.05) is 0 Å². The van der Waals surface area contributed by atoms with Crippen molar-refractivity contribution in [3.63, 3.8) is 0 Å². The standard InChI is InChI=1S/C13H9ClN2O3/c14-12-10(4-2-6-16-12)13(18)19-8-11(17)9-3-1-5-15-7-9/h1-7H,8H2. The van der Waals surface area contributed by atoms with Crippen LogP contribution in [-0.2, 0) is 4.74 Å². The van der Waals surface area contributed by atoms with Gasteiger partial charge in [-0.1, -0.05) is 11.6 Å². The molecule has 0 aromatic carbocycles. The lowest BCUT2D eigenvalue weighted by atomic mass is 10.2. The van der Waals surface area contributed by atoms with Crippen molar-refractivity contribution in [2.75, 3.05) is 6.61 Å². The molecule has 19 heavy (non-hydrogen) atoms. The maximum absolute atomic E-state index is 11.7. The molecule has 5 nitrogen and oxygen atoms in total. The quantitative estimate of drug-likeness (QED) is 0.486. The Morgan fingerprint density at radius 2 is 2.00 bits per heavy atom. The minimum atomic E-state index is -0.685. The van der Waals surface area contributed by atoms with E-state index in [0.29, 0.717) is 5.56 Å². The average molecular weight is 277 g/mol. The highest BCUT2D eigenvalue weighted by atomic mass is 35.5. The molecule has 0 saturated carbocycles. The Morgan fingerprint density at radius 1 is 1.21 bits per heavy atom. The monoisotopic (exact) mass is 276 g/mol. The summed E-state index contributed by atoms with van der Waals surface area (Å²) in [6, 6.07) is 6.27. The molecule has 2 aromatic heterocycles. The molecule has 0 radical (unpaired) electrons. The second kappa shape index (κ2) is 6.06. The fourth-order valence-corrected chi connectivity index (χ4v) is 1.55. The zero-order valence-electron chi connectivity index (χ0n) is 9.75. The molecule has 0 spiro atoms. The summed E-state index contributed by atoms with van der Waals surface area (Å²) < 4.78 is 4.88. The van der Waals surface area contributed by atoms with Gasteiger partial charge in [-0.05, 0) is 24.3 Å². The third-order valence-corrected chi connectivity index (χ3v) is 2.60. The first-order valence-corrected chi connectivity index (χ1v) is 5.77. The van der Waals surface area contributed by atoms with Gasteiger partial charge in [-0.2, -0.15) is 0 Å². The second-order valence-corrected chi connectivity index (χ2v) is 3.94. The van der Waals surface area contributed by atoms with Gasteiger partial charge >= 0.3 is 5.97 Å². The van der Waals surface area contributed by atoms with Crippen molar-refractivity contribution in [2.24, 2.45) is 0 Å². The van der Waals surface area contributed by atoms with E-state index in [1.165, 1.54) is 18.5 Å². The second-order valence-electron chi connectivity index (χ2n) is 3.58. The Labute approximate surface area is 114 Å². The van der Waals surface area contributed by atoms with Gasteiger partial charge in [-0.15, -0.1) is 0 Å². The van der Waals surface area contributed by atoms with E-state index in [1.54, 1.807) is 24.4 Å². The Bertz CT molecular complexity index is 602. The summed E-state index contributed by atoms with van der Waals surface area (Å²) in [5.74, 6) is -1.02. The van der Waals surface area contributed by atoms with Crippen molar-refractivity contribution >= 4 is 23.4 Å². The van der Waals surface area contributed by atoms with Crippen molar-refractivity contribution in [1.29, 1.82) is 0 Å². The van der Waals surface area contributed by atoms with Gasteiger partial charge in [0.05, 0.1) is 5.56 Å². The highest BCUT2D eigenvalue weighted by Crippen LogP contribution is 2.12. The molecule has 2 aromatic rings. The molecule has 0 bridgehead atoms. The van der Waals surface area contributed by atoms with Crippen LogP contribution in [0.4, 0.5) is 0 Å². The summed E-state index contributed by atoms with van der Waals surface area (Å²) in [6.45, 7) is -0.365. The van der Waals surface area contributed by atoms with Crippen LogP contribution >= 0.6 is 11.6 Å². The minimum Gasteiger partial charge on any atom is -0.454 e. The van der Waals surface area contributed by atoms with Crippen molar-refractivity contribution in [3.05, 3.63) is 59.1 Å². The van der Waals surface area contributed by atoms with Gasteiger partial charge in [-0.25, -0.2) is 9.78 Å². The van der Waals surface area contributed by atoms with Crippen molar-refractivity contribution in [2.45, 2.75) is 0 Å². The van der Waals surface area contributed by atoms with Crippen LogP contribution in [0, 0.1) is 0 Å². The van der Waals surface area contributed by atoms with Crippen LogP contribution in [0.15, 0.2) is 42.9 Å². The molecule has 0 aliphatic rings. The van der Waals surface area contributed by atoms with E-state index >= 15 is 0 Å². The Hall–Kier alpha value is -2.27. The van der Waals surface area contributed by atoms with Crippen LogP contribution in [0.1, 0.15) is 20.7 Å². The van der Waals surface area contributed by atoms with Gasteiger partial charge in [0.25, 0.3) is 0 Å². The number of ketones is 1. The number of aromatic nitrogens is 2. The van der Waals surface area contributed by atoms with Crippen molar-refractivity contribution < 1.29 is 14.3 Å². The highest BCUT2D eigenvalue weighted by Gasteiger charge is 2.14. The Kier molecular flexibility index (Phi) is 4.20. The molecule has 0 atom stereocenters. The number of carbonyl (C=O) groups excluding carboxylic acids is 2.